The van der Waals surface area contributed by atoms with Crippen LogP contribution in [0.3, 0.4) is 0 Å². The highest BCUT2D eigenvalue weighted by atomic mass is 32.2. The number of rotatable bonds is 6. The number of hydrogen-bond donors (Lipinski definition) is 0. The van der Waals surface area contributed by atoms with Gasteiger partial charge in [-0.2, -0.15) is 0 Å². The maximum Gasteiger partial charge on any atom is 0.238 e. The number of carbonyl (C=O) groups is 1. The van der Waals surface area contributed by atoms with Crippen molar-refractivity contribution in [2.24, 2.45) is 0 Å². The van der Waals surface area contributed by atoms with Crippen molar-refractivity contribution in [2.75, 3.05) is 51.1 Å². The Morgan fingerprint density at radius 2 is 1.74 bits per heavy atom. The van der Waals surface area contributed by atoms with Gasteiger partial charge in [0.1, 0.15) is 11.3 Å². The maximum absolute atomic E-state index is 12.6. The molecule has 2 aromatic carbocycles. The number of benzene rings is 2. The molecule has 4 rings (SSSR count). The molecule has 1 aliphatic heterocycles. The highest BCUT2D eigenvalue weighted by Crippen LogP contribution is 2.40. The molecule has 1 aromatic heterocycles. The van der Waals surface area contributed by atoms with Gasteiger partial charge in [0.15, 0.2) is 26.5 Å². The van der Waals surface area contributed by atoms with Crippen LogP contribution >= 0.6 is 11.3 Å². The summed E-state index contributed by atoms with van der Waals surface area (Å²) in [4.78, 5) is 21.2. The Morgan fingerprint density at radius 1 is 1.03 bits per heavy atom. The number of aromatic nitrogens is 1. The molecular formula is C21H23N3O5S2. The zero-order chi connectivity index (χ0) is 22.0. The van der Waals surface area contributed by atoms with Crippen LogP contribution in [0.15, 0.2) is 47.4 Å². The molecule has 0 saturated carbocycles. The number of anilines is 1. The number of nitrogens with zero attached hydrogens (tertiary/aromatic N) is 3. The summed E-state index contributed by atoms with van der Waals surface area (Å²) in [7, 11) is -0.471. The van der Waals surface area contributed by atoms with E-state index in [1.165, 1.54) is 12.1 Å². The highest BCUT2D eigenvalue weighted by Gasteiger charge is 2.27. The molecule has 0 radical (unpaired) electrons. The van der Waals surface area contributed by atoms with E-state index in [0.29, 0.717) is 37.7 Å². The Labute approximate surface area is 184 Å². The quantitative estimate of drug-likeness (QED) is 0.557. The summed E-state index contributed by atoms with van der Waals surface area (Å²) >= 11 is 1.55. The lowest BCUT2D eigenvalue weighted by atomic mass is 10.3. The summed E-state index contributed by atoms with van der Waals surface area (Å²) in [6, 6.07) is 11.9. The third-order valence-electron chi connectivity index (χ3n) is 5.21. The second-order valence-corrected chi connectivity index (χ2v) is 10.1. The van der Waals surface area contributed by atoms with Crippen LogP contribution < -0.4 is 14.4 Å². The monoisotopic (exact) mass is 461 g/mol. The number of carbonyl (C=O) groups excluding carboxylic acids is 1. The van der Waals surface area contributed by atoms with Gasteiger partial charge < -0.3 is 19.3 Å². The van der Waals surface area contributed by atoms with E-state index in [1.54, 1.807) is 48.7 Å². The number of fused-ring (bicyclic) bond motifs is 1. The molecule has 0 N–H and O–H groups in total. The van der Waals surface area contributed by atoms with Crippen LogP contribution in [0.1, 0.15) is 0 Å². The van der Waals surface area contributed by atoms with Crippen LogP contribution in [0.4, 0.5) is 5.13 Å². The van der Waals surface area contributed by atoms with E-state index in [-0.39, 0.29) is 10.8 Å². The zero-order valence-electron chi connectivity index (χ0n) is 17.3. The minimum Gasteiger partial charge on any atom is -0.493 e. The molecule has 10 heteroatoms. The predicted octanol–water partition coefficient (Wildman–Crippen LogP) is 2.44. The van der Waals surface area contributed by atoms with Crippen molar-refractivity contribution in [1.82, 2.24) is 9.88 Å². The number of thiazole rings is 1. The molecule has 0 unspecified atom stereocenters. The van der Waals surface area contributed by atoms with Crippen LogP contribution in [0.25, 0.3) is 10.2 Å². The Morgan fingerprint density at radius 3 is 2.39 bits per heavy atom. The average Bonchev–Trinajstić information content (AvgIpc) is 3.23. The lowest BCUT2D eigenvalue weighted by molar-refractivity contribution is -0.128. The maximum atomic E-state index is 12.6. The van der Waals surface area contributed by atoms with Gasteiger partial charge in [0.2, 0.25) is 5.91 Å². The van der Waals surface area contributed by atoms with Gasteiger partial charge in [-0.05, 0) is 24.3 Å². The lowest BCUT2D eigenvalue weighted by Gasteiger charge is -2.34. The van der Waals surface area contributed by atoms with Gasteiger partial charge in [0, 0.05) is 26.2 Å². The minimum absolute atomic E-state index is 0.167. The smallest absolute Gasteiger partial charge is 0.238 e. The topological polar surface area (TPSA) is 89.0 Å². The summed E-state index contributed by atoms with van der Waals surface area (Å²) in [5.74, 6) is 0.332. The summed E-state index contributed by atoms with van der Waals surface area (Å²) < 4.78 is 36.8. The number of piperazine rings is 1. The molecule has 0 atom stereocenters. The van der Waals surface area contributed by atoms with E-state index in [2.05, 4.69) is 4.90 Å². The first kappa shape index (κ1) is 21.4. The molecule has 31 heavy (non-hydrogen) atoms. The molecule has 8 nitrogen and oxygen atoms in total. The molecule has 3 aromatic rings. The summed E-state index contributed by atoms with van der Waals surface area (Å²) in [5, 5.41) is 0.838. The van der Waals surface area contributed by atoms with Crippen LogP contribution in [0.2, 0.25) is 0 Å². The fraction of sp³-hybridized carbons (Fsp3) is 0.333. The van der Waals surface area contributed by atoms with Crippen LogP contribution in [0.5, 0.6) is 11.5 Å². The molecule has 1 fully saturated rings. The summed E-state index contributed by atoms with van der Waals surface area (Å²) in [6.45, 7) is 2.05. The van der Waals surface area contributed by atoms with Crippen molar-refractivity contribution in [3.05, 3.63) is 42.5 Å². The molecule has 164 valence electrons. The van der Waals surface area contributed by atoms with Crippen LogP contribution in [-0.4, -0.2) is 70.4 Å². The average molecular weight is 462 g/mol. The first-order valence-electron chi connectivity index (χ1n) is 9.75. The van der Waals surface area contributed by atoms with E-state index >= 15 is 0 Å². The second kappa shape index (κ2) is 8.72. The minimum atomic E-state index is -3.65. The van der Waals surface area contributed by atoms with Gasteiger partial charge in [-0.15, -0.1) is 0 Å². The van der Waals surface area contributed by atoms with Gasteiger partial charge in [0.25, 0.3) is 0 Å². The first-order valence-corrected chi connectivity index (χ1v) is 12.2. The van der Waals surface area contributed by atoms with Gasteiger partial charge in [-0.1, -0.05) is 29.5 Å². The lowest BCUT2D eigenvalue weighted by Crippen LogP contribution is -2.50. The molecule has 0 aliphatic carbocycles. The van der Waals surface area contributed by atoms with Crippen molar-refractivity contribution in [2.45, 2.75) is 4.90 Å². The van der Waals surface area contributed by atoms with Crippen molar-refractivity contribution in [1.29, 1.82) is 0 Å². The van der Waals surface area contributed by atoms with E-state index in [1.807, 2.05) is 12.1 Å². The van der Waals surface area contributed by atoms with E-state index in [4.69, 9.17) is 14.5 Å². The highest BCUT2D eigenvalue weighted by molar-refractivity contribution is 7.92. The Kier molecular flexibility index (Phi) is 6.01. The van der Waals surface area contributed by atoms with E-state index in [9.17, 15) is 13.2 Å². The number of hydrogen-bond acceptors (Lipinski definition) is 8. The van der Waals surface area contributed by atoms with Gasteiger partial charge in [0.05, 0.1) is 23.8 Å². The van der Waals surface area contributed by atoms with Crippen LogP contribution in [-0.2, 0) is 14.6 Å². The third kappa shape index (κ3) is 4.31. The number of ether oxygens (including phenoxy) is 2. The first-order chi connectivity index (χ1) is 14.9. The summed E-state index contributed by atoms with van der Waals surface area (Å²) in [6.07, 6.45) is 0. The van der Waals surface area contributed by atoms with E-state index in [0.717, 1.165) is 15.3 Å². The fourth-order valence-electron chi connectivity index (χ4n) is 3.55. The molecule has 0 spiro atoms. The molecule has 1 aliphatic rings. The predicted molar refractivity (Wildman–Crippen MR) is 120 cm³/mol. The summed E-state index contributed by atoms with van der Waals surface area (Å²) in [5.41, 5.74) is 0.745. The normalized spacial score (nSPS) is 14.6. The number of methoxy groups -OCH3 is 2. The second-order valence-electron chi connectivity index (χ2n) is 7.08. The number of amides is 1. The van der Waals surface area contributed by atoms with Gasteiger partial charge >= 0.3 is 0 Å². The SMILES string of the molecule is COc1ccc2sc(N3CCN(C(=O)CS(=O)(=O)c4ccccc4)CC3)nc2c1OC. The number of sulfone groups is 1. The Balaban J connectivity index is 1.43. The van der Waals surface area contributed by atoms with E-state index < -0.39 is 15.6 Å². The molecule has 0 bridgehead atoms. The van der Waals surface area contributed by atoms with Crippen molar-refractivity contribution in [3.63, 3.8) is 0 Å². The molecular weight excluding hydrogens is 438 g/mol. The van der Waals surface area contributed by atoms with Crippen molar-refractivity contribution < 1.29 is 22.7 Å². The van der Waals surface area contributed by atoms with Gasteiger partial charge in [-0.25, -0.2) is 13.4 Å². The largest absolute Gasteiger partial charge is 0.493 e. The molecule has 1 saturated heterocycles. The van der Waals surface area contributed by atoms with Crippen molar-refractivity contribution in [3.8, 4) is 11.5 Å². The van der Waals surface area contributed by atoms with Gasteiger partial charge in [-0.3, -0.25) is 4.79 Å². The standard InChI is InChI=1S/C21H23N3O5S2/c1-28-16-8-9-17-19(20(16)29-2)22-21(30-17)24-12-10-23(11-13-24)18(25)14-31(26,27)15-6-4-3-5-7-15/h3-9H,10-14H2,1-2H3. The molecule has 1 amide bonds. The fourth-order valence-corrected chi connectivity index (χ4v) is 5.81. The Hall–Kier alpha value is -2.85. The molecule has 2 heterocycles. The van der Waals surface area contributed by atoms with Crippen molar-refractivity contribution >= 4 is 42.4 Å². The Bertz CT molecular complexity index is 1190. The third-order valence-corrected chi connectivity index (χ3v) is 7.91. The zero-order valence-corrected chi connectivity index (χ0v) is 18.9. The van der Waals surface area contributed by atoms with Crippen LogP contribution in [0, 0.1) is 0 Å².